The molecule has 0 aliphatic carbocycles. The highest BCUT2D eigenvalue weighted by atomic mass is 32.2. The lowest BCUT2D eigenvalue weighted by molar-refractivity contribution is -0.121. The minimum atomic E-state index is -3.71. The zero-order chi connectivity index (χ0) is 24.7. The van der Waals surface area contributed by atoms with E-state index < -0.39 is 29.5 Å². The molecule has 1 amide bonds. The van der Waals surface area contributed by atoms with Gasteiger partial charge in [0.15, 0.2) is 0 Å². The average Bonchev–Trinajstić information content (AvgIpc) is 3.11. The van der Waals surface area contributed by atoms with Crippen LogP contribution < -0.4 is 10.9 Å². The summed E-state index contributed by atoms with van der Waals surface area (Å²) in [6, 6.07) is 0.671. The van der Waals surface area contributed by atoms with E-state index >= 15 is 0 Å². The normalized spacial score (nSPS) is 17.0. The Morgan fingerprint density at radius 2 is 1.73 bits per heavy atom. The smallest absolute Gasteiger partial charge is 0.254 e. The second-order valence-corrected chi connectivity index (χ2v) is 17.2. The lowest BCUT2D eigenvalue weighted by Crippen LogP contribution is -2.43. The van der Waals surface area contributed by atoms with Crippen LogP contribution in [-0.2, 0) is 14.6 Å². The van der Waals surface area contributed by atoms with E-state index in [1.807, 2.05) is 0 Å². The minimum absolute atomic E-state index is 0.121. The molecule has 0 aromatic carbocycles. The van der Waals surface area contributed by atoms with Crippen molar-refractivity contribution in [3.63, 3.8) is 0 Å². The highest BCUT2D eigenvalue weighted by Crippen LogP contribution is 2.40. The number of aromatic nitrogens is 3. The molecule has 3 rings (SSSR count). The largest absolute Gasteiger partial charge is 0.354 e. The lowest BCUT2D eigenvalue weighted by Gasteiger charge is -2.38. The van der Waals surface area contributed by atoms with Crippen LogP contribution in [0.3, 0.4) is 0 Å². The fraction of sp³-hybridized carbons (Fsp3) is 0.565. The number of hydrogen-bond acceptors (Lipinski definition) is 6. The topological polar surface area (TPSA) is 111 Å². The first-order valence-corrected chi connectivity index (χ1v) is 15.4. The number of fused-ring (bicyclic) bond motifs is 1. The number of carbonyl (C=O) groups is 1. The molecule has 178 valence electrons. The van der Waals surface area contributed by atoms with Crippen LogP contribution in [0.25, 0.3) is 11.0 Å². The molecular weight excluding hydrogens is 456 g/mol. The predicted octanol–water partition coefficient (Wildman–Crippen LogP) is 2.83. The zero-order valence-electron chi connectivity index (χ0n) is 20.3. The van der Waals surface area contributed by atoms with E-state index in [4.69, 9.17) is 0 Å². The van der Waals surface area contributed by atoms with Gasteiger partial charge in [0.1, 0.15) is 19.8 Å². The van der Waals surface area contributed by atoms with Crippen molar-refractivity contribution >= 4 is 34.9 Å². The van der Waals surface area contributed by atoms with Gasteiger partial charge in [0.2, 0.25) is 20.9 Å². The Labute approximate surface area is 196 Å². The summed E-state index contributed by atoms with van der Waals surface area (Å²) < 4.78 is 25.5. The summed E-state index contributed by atoms with van der Waals surface area (Å²) in [4.78, 5) is 33.8. The lowest BCUT2D eigenvalue weighted by atomic mass is 10.1. The van der Waals surface area contributed by atoms with Gasteiger partial charge in [-0.3, -0.25) is 14.2 Å². The fourth-order valence-corrected chi connectivity index (χ4v) is 10.8. The van der Waals surface area contributed by atoms with Crippen molar-refractivity contribution in [2.45, 2.75) is 75.8 Å². The van der Waals surface area contributed by atoms with Crippen molar-refractivity contribution in [3.8, 4) is 11.5 Å². The van der Waals surface area contributed by atoms with Gasteiger partial charge in [0.05, 0.1) is 5.39 Å². The van der Waals surface area contributed by atoms with Crippen molar-refractivity contribution < 1.29 is 13.2 Å². The Morgan fingerprint density at radius 1 is 1.12 bits per heavy atom. The van der Waals surface area contributed by atoms with Crippen LogP contribution in [0.1, 0.15) is 59.6 Å². The maximum Gasteiger partial charge on any atom is 0.254 e. The summed E-state index contributed by atoms with van der Waals surface area (Å²) >= 11 is 0. The van der Waals surface area contributed by atoms with Crippen molar-refractivity contribution in [1.29, 1.82) is 0 Å². The summed E-state index contributed by atoms with van der Waals surface area (Å²) in [6.07, 6.45) is 2.83. The molecule has 3 heterocycles. The van der Waals surface area contributed by atoms with Gasteiger partial charge in [-0.1, -0.05) is 47.5 Å². The number of pyridine rings is 1. The molecule has 1 fully saturated rings. The molecule has 1 aliphatic heterocycles. The molecule has 0 saturated carbocycles. The highest BCUT2D eigenvalue weighted by molar-refractivity contribution is 7.90. The molecule has 33 heavy (non-hydrogen) atoms. The molecule has 1 saturated heterocycles. The van der Waals surface area contributed by atoms with Crippen molar-refractivity contribution in [2.75, 3.05) is 12.8 Å². The standard InChI is InChI=1S/C23H32N4O4SSi/c1-14(2)33(15(3)4,16(5)6)11-9-17-12-20(28)27(19-8-10-24-22(19)29)21-18(17)13-25-23(26-21)32(7,30)31/h12-16,19H,8,10H2,1-7H3,(H,24,29). The maximum atomic E-state index is 13.2. The summed E-state index contributed by atoms with van der Waals surface area (Å²) in [5.74, 6) is 2.98. The molecule has 2 aromatic heterocycles. The van der Waals surface area contributed by atoms with Crippen LogP contribution in [0, 0.1) is 11.5 Å². The van der Waals surface area contributed by atoms with Gasteiger partial charge in [0.25, 0.3) is 5.56 Å². The summed E-state index contributed by atoms with van der Waals surface area (Å²) in [5, 5.41) is 2.80. The second kappa shape index (κ2) is 9.03. The molecular formula is C23H32N4O4SSi. The number of amides is 1. The molecule has 8 nitrogen and oxygen atoms in total. The van der Waals surface area contributed by atoms with E-state index in [0.29, 0.717) is 40.5 Å². The van der Waals surface area contributed by atoms with Crippen LogP contribution in [0.2, 0.25) is 16.6 Å². The van der Waals surface area contributed by atoms with Crippen LogP contribution >= 0.6 is 0 Å². The quantitative estimate of drug-likeness (QED) is 0.394. The Bertz CT molecular complexity index is 1300. The van der Waals surface area contributed by atoms with E-state index in [2.05, 4.69) is 68.3 Å². The minimum Gasteiger partial charge on any atom is -0.354 e. The number of hydrogen-bond donors (Lipinski definition) is 1. The first kappa shape index (κ1) is 25.1. The van der Waals surface area contributed by atoms with Gasteiger partial charge in [-0.15, -0.1) is 5.54 Å². The number of nitrogens with one attached hydrogen (secondary N) is 1. The van der Waals surface area contributed by atoms with Gasteiger partial charge in [-0.25, -0.2) is 13.4 Å². The molecule has 1 aliphatic rings. The first-order chi connectivity index (χ1) is 15.3. The average molecular weight is 489 g/mol. The van der Waals surface area contributed by atoms with Crippen LogP contribution in [-0.4, -0.2) is 49.7 Å². The summed E-state index contributed by atoms with van der Waals surface area (Å²) in [5.41, 5.74) is 4.97. The van der Waals surface area contributed by atoms with Gasteiger partial charge in [0, 0.05) is 30.6 Å². The van der Waals surface area contributed by atoms with E-state index in [-0.39, 0.29) is 16.7 Å². The molecule has 1 atom stereocenters. The van der Waals surface area contributed by atoms with Crippen molar-refractivity contribution in [3.05, 3.63) is 28.2 Å². The van der Waals surface area contributed by atoms with Gasteiger partial charge in [-0.05, 0) is 23.0 Å². The second-order valence-electron chi connectivity index (χ2n) is 9.67. The number of sulfone groups is 1. The summed E-state index contributed by atoms with van der Waals surface area (Å²) in [7, 11) is -5.79. The predicted molar refractivity (Wildman–Crippen MR) is 131 cm³/mol. The zero-order valence-corrected chi connectivity index (χ0v) is 22.1. The van der Waals surface area contributed by atoms with E-state index in [0.717, 1.165) is 6.26 Å². The van der Waals surface area contributed by atoms with Gasteiger partial charge < -0.3 is 5.32 Å². The third-order valence-corrected chi connectivity index (χ3v) is 13.9. The highest BCUT2D eigenvalue weighted by Gasteiger charge is 2.41. The molecule has 0 spiro atoms. The number of rotatable bonds is 5. The Kier molecular flexibility index (Phi) is 6.87. The van der Waals surface area contributed by atoms with Crippen LogP contribution in [0.15, 0.2) is 22.2 Å². The van der Waals surface area contributed by atoms with E-state index in [1.54, 1.807) is 0 Å². The molecule has 10 heteroatoms. The van der Waals surface area contributed by atoms with Crippen LogP contribution in [0.4, 0.5) is 0 Å². The Balaban J connectivity index is 2.35. The van der Waals surface area contributed by atoms with E-state index in [9.17, 15) is 18.0 Å². The van der Waals surface area contributed by atoms with Crippen molar-refractivity contribution in [2.24, 2.45) is 0 Å². The molecule has 0 radical (unpaired) electrons. The van der Waals surface area contributed by atoms with Crippen molar-refractivity contribution in [1.82, 2.24) is 19.9 Å². The third kappa shape index (κ3) is 4.48. The summed E-state index contributed by atoms with van der Waals surface area (Å²) in [6.45, 7) is 13.7. The Morgan fingerprint density at radius 3 is 2.21 bits per heavy atom. The van der Waals surface area contributed by atoms with Gasteiger partial charge >= 0.3 is 0 Å². The molecule has 2 aromatic rings. The van der Waals surface area contributed by atoms with Gasteiger partial charge in [-0.2, -0.15) is 4.98 Å². The molecule has 1 unspecified atom stereocenters. The SMILES string of the molecule is CC(C)[Si](C#Cc1cc(=O)n(C2CCNC2=O)c2nc(S(C)(=O)=O)ncc12)(C(C)C)C(C)C. The van der Waals surface area contributed by atoms with Crippen LogP contribution in [0.5, 0.6) is 0 Å². The van der Waals surface area contributed by atoms with E-state index in [1.165, 1.54) is 16.8 Å². The first-order valence-electron chi connectivity index (χ1n) is 11.2. The Hall–Kier alpha value is -2.51. The monoisotopic (exact) mass is 488 g/mol. The molecule has 0 bridgehead atoms. The molecule has 1 N–H and O–H groups in total. The maximum absolute atomic E-state index is 13.2. The fourth-order valence-electron chi connectivity index (χ4n) is 5.13. The number of carbonyl (C=O) groups excluding carboxylic acids is 1. The third-order valence-electron chi connectivity index (χ3n) is 6.71. The number of nitrogens with zero attached hydrogens (tertiary/aromatic N) is 3.